The number of carbonyl (C=O) groups is 2. The van der Waals surface area contributed by atoms with Gasteiger partial charge in [0.1, 0.15) is 5.82 Å². The van der Waals surface area contributed by atoms with Crippen molar-refractivity contribution in [1.82, 2.24) is 9.97 Å². The summed E-state index contributed by atoms with van der Waals surface area (Å²) in [5, 5.41) is 10.8. The van der Waals surface area contributed by atoms with Crippen LogP contribution in [0.1, 0.15) is 26.3 Å². The summed E-state index contributed by atoms with van der Waals surface area (Å²) in [5.74, 6) is -0.519. The average Bonchev–Trinajstić information content (AvgIpc) is 3.21. The minimum atomic E-state index is -0.674. The van der Waals surface area contributed by atoms with Gasteiger partial charge in [0, 0.05) is 23.3 Å². The first-order valence-electron chi connectivity index (χ1n) is 9.42. The van der Waals surface area contributed by atoms with Crippen molar-refractivity contribution < 1.29 is 19.2 Å². The van der Waals surface area contributed by atoms with Gasteiger partial charge in [0.05, 0.1) is 21.5 Å². The van der Waals surface area contributed by atoms with Crippen LogP contribution in [0.25, 0.3) is 22.4 Å². The maximum absolute atomic E-state index is 12.4. The van der Waals surface area contributed by atoms with E-state index in [1.165, 1.54) is 18.2 Å². The van der Waals surface area contributed by atoms with Crippen LogP contribution in [-0.2, 0) is 4.74 Å². The van der Waals surface area contributed by atoms with Gasteiger partial charge in [-0.25, -0.2) is 9.78 Å². The lowest BCUT2D eigenvalue weighted by atomic mass is 10.1. The topological polar surface area (TPSA) is 115 Å². The summed E-state index contributed by atoms with van der Waals surface area (Å²) < 4.78 is 5.11. The monoisotopic (exact) mass is 415 g/mol. The molecular weight excluding hydrogens is 398 g/mol. The average molecular weight is 415 g/mol. The number of hydrogen-bond donors (Lipinski definition) is 1. The molecule has 0 saturated carbocycles. The Morgan fingerprint density at radius 2 is 1.81 bits per heavy atom. The molecule has 1 heterocycles. The molecule has 4 aromatic rings. The van der Waals surface area contributed by atoms with Gasteiger partial charge in [0.2, 0.25) is 5.78 Å². The Kier molecular flexibility index (Phi) is 5.28. The van der Waals surface area contributed by atoms with E-state index in [0.29, 0.717) is 16.9 Å². The zero-order chi connectivity index (χ0) is 22.0. The van der Waals surface area contributed by atoms with E-state index in [4.69, 9.17) is 4.74 Å². The van der Waals surface area contributed by atoms with Gasteiger partial charge in [0.15, 0.2) is 6.61 Å². The first-order valence-corrected chi connectivity index (χ1v) is 9.42. The molecule has 0 fully saturated rings. The smallest absolute Gasteiger partial charge is 0.338 e. The number of Topliss-reactive ketones (excluding diaryl/α,β-unsaturated/α-hetero) is 1. The number of nitrogens with zero attached hydrogens (tertiary/aromatic N) is 2. The predicted octanol–water partition coefficient (Wildman–Crippen LogP) is 4.49. The number of H-pyrrole nitrogens is 1. The number of non-ortho nitro benzene ring substituents is 1. The zero-order valence-corrected chi connectivity index (χ0v) is 16.5. The quantitative estimate of drug-likeness (QED) is 0.215. The lowest BCUT2D eigenvalue weighted by Crippen LogP contribution is -2.14. The molecule has 0 unspecified atom stereocenters. The Balaban J connectivity index is 1.47. The molecule has 0 aliphatic rings. The molecule has 31 heavy (non-hydrogen) atoms. The summed E-state index contributed by atoms with van der Waals surface area (Å²) in [6.07, 6.45) is 0. The summed E-state index contributed by atoms with van der Waals surface area (Å²) in [5.41, 5.74) is 3.59. The van der Waals surface area contributed by atoms with Gasteiger partial charge in [-0.15, -0.1) is 0 Å². The molecule has 154 valence electrons. The molecule has 1 N–H and O–H groups in total. The van der Waals surface area contributed by atoms with E-state index in [1.54, 1.807) is 18.2 Å². The normalized spacial score (nSPS) is 10.7. The van der Waals surface area contributed by atoms with Crippen LogP contribution in [0.3, 0.4) is 0 Å². The highest BCUT2D eigenvalue weighted by atomic mass is 16.6. The molecular formula is C23H17N3O5. The number of fused-ring (bicyclic) bond motifs is 1. The summed E-state index contributed by atoms with van der Waals surface area (Å²) in [6, 6.07) is 18.1. The molecule has 1 aromatic heterocycles. The number of aryl methyl sites for hydroxylation is 1. The molecule has 3 aromatic carbocycles. The third-order valence-electron chi connectivity index (χ3n) is 4.76. The molecule has 0 amide bonds. The van der Waals surface area contributed by atoms with E-state index in [2.05, 4.69) is 9.97 Å². The van der Waals surface area contributed by atoms with Crippen LogP contribution in [0.5, 0.6) is 0 Å². The molecule has 8 nitrogen and oxygen atoms in total. The van der Waals surface area contributed by atoms with E-state index >= 15 is 0 Å². The van der Waals surface area contributed by atoms with Crippen molar-refractivity contribution in [2.75, 3.05) is 6.61 Å². The molecule has 0 spiro atoms. The number of aromatic amines is 1. The van der Waals surface area contributed by atoms with Gasteiger partial charge in [-0.3, -0.25) is 14.9 Å². The van der Waals surface area contributed by atoms with Gasteiger partial charge in [-0.1, -0.05) is 42.0 Å². The van der Waals surface area contributed by atoms with Crippen LogP contribution in [0.4, 0.5) is 5.69 Å². The lowest BCUT2D eigenvalue weighted by Gasteiger charge is -2.04. The van der Waals surface area contributed by atoms with E-state index in [-0.39, 0.29) is 16.8 Å². The first kappa shape index (κ1) is 20.0. The minimum Gasteiger partial charge on any atom is -0.454 e. The Bertz CT molecular complexity index is 1310. The van der Waals surface area contributed by atoms with Gasteiger partial charge < -0.3 is 9.72 Å². The van der Waals surface area contributed by atoms with Crippen molar-refractivity contribution in [3.63, 3.8) is 0 Å². The number of imidazole rings is 1. The lowest BCUT2D eigenvalue weighted by molar-refractivity contribution is -0.384. The van der Waals surface area contributed by atoms with Crippen molar-refractivity contribution in [3.05, 3.63) is 93.5 Å². The molecule has 0 bridgehead atoms. The summed E-state index contributed by atoms with van der Waals surface area (Å²) in [4.78, 5) is 42.6. The van der Waals surface area contributed by atoms with Crippen LogP contribution in [-0.4, -0.2) is 33.3 Å². The van der Waals surface area contributed by atoms with Crippen molar-refractivity contribution >= 4 is 28.5 Å². The number of carbonyl (C=O) groups excluding carboxylic acids is 2. The molecule has 8 heteroatoms. The number of aromatic nitrogens is 2. The standard InChI is InChI=1S/C23H17N3O5/c1-14-5-7-15(8-6-14)22-24-19-10-9-17(12-20(19)25-22)23(28)31-13-21(27)16-3-2-4-18(11-16)26(29)30/h2-12H,13H2,1H3,(H,24,25). The zero-order valence-electron chi connectivity index (χ0n) is 16.5. The Morgan fingerprint density at radius 1 is 1.03 bits per heavy atom. The van der Waals surface area contributed by atoms with Crippen LogP contribution in [0.15, 0.2) is 66.7 Å². The largest absolute Gasteiger partial charge is 0.454 e. The number of ketones is 1. The van der Waals surface area contributed by atoms with Crippen molar-refractivity contribution in [3.8, 4) is 11.4 Å². The van der Waals surface area contributed by atoms with Crippen molar-refractivity contribution in [1.29, 1.82) is 0 Å². The molecule has 0 atom stereocenters. The second-order valence-electron chi connectivity index (χ2n) is 6.99. The highest BCUT2D eigenvalue weighted by molar-refractivity contribution is 6.00. The van der Waals surface area contributed by atoms with Crippen LogP contribution >= 0.6 is 0 Å². The van der Waals surface area contributed by atoms with Crippen molar-refractivity contribution in [2.24, 2.45) is 0 Å². The number of nitrogens with one attached hydrogen (secondary N) is 1. The maximum atomic E-state index is 12.4. The number of hydrogen-bond acceptors (Lipinski definition) is 6. The molecule has 4 rings (SSSR count). The summed E-state index contributed by atoms with van der Waals surface area (Å²) >= 11 is 0. The highest BCUT2D eigenvalue weighted by Crippen LogP contribution is 2.22. The second kappa shape index (κ2) is 8.19. The van der Waals surface area contributed by atoms with E-state index in [1.807, 2.05) is 31.2 Å². The van der Waals surface area contributed by atoms with Crippen molar-refractivity contribution in [2.45, 2.75) is 6.92 Å². The number of esters is 1. The summed E-state index contributed by atoms with van der Waals surface area (Å²) in [7, 11) is 0. The second-order valence-corrected chi connectivity index (χ2v) is 6.99. The maximum Gasteiger partial charge on any atom is 0.338 e. The molecule has 0 radical (unpaired) electrons. The fourth-order valence-corrected chi connectivity index (χ4v) is 3.08. The van der Waals surface area contributed by atoms with E-state index in [9.17, 15) is 19.7 Å². The van der Waals surface area contributed by atoms with Gasteiger partial charge >= 0.3 is 5.97 Å². The first-order chi connectivity index (χ1) is 14.9. The molecule has 0 aliphatic carbocycles. The fraction of sp³-hybridized carbons (Fsp3) is 0.0870. The summed E-state index contributed by atoms with van der Waals surface area (Å²) in [6.45, 7) is 1.49. The number of rotatable bonds is 6. The number of ether oxygens (including phenoxy) is 1. The van der Waals surface area contributed by atoms with Crippen LogP contribution < -0.4 is 0 Å². The van der Waals surface area contributed by atoms with Crippen LogP contribution in [0, 0.1) is 17.0 Å². The highest BCUT2D eigenvalue weighted by Gasteiger charge is 2.16. The Morgan fingerprint density at radius 3 is 2.55 bits per heavy atom. The van der Waals surface area contributed by atoms with Crippen LogP contribution in [0.2, 0.25) is 0 Å². The molecule has 0 saturated heterocycles. The van der Waals surface area contributed by atoms with Gasteiger partial charge in [0.25, 0.3) is 5.69 Å². The SMILES string of the molecule is Cc1ccc(-c2nc3ccc(C(=O)OCC(=O)c4cccc([N+](=O)[O-])c4)cc3[nH]2)cc1. The predicted molar refractivity (Wildman–Crippen MR) is 114 cm³/mol. The van der Waals surface area contributed by atoms with E-state index < -0.39 is 23.3 Å². The Hall–Kier alpha value is -4.33. The minimum absolute atomic E-state index is 0.105. The number of nitro groups is 1. The third kappa shape index (κ3) is 4.32. The van der Waals surface area contributed by atoms with Gasteiger partial charge in [-0.05, 0) is 25.1 Å². The Labute approximate surface area is 176 Å². The fourth-order valence-electron chi connectivity index (χ4n) is 3.08. The van der Waals surface area contributed by atoms with Gasteiger partial charge in [-0.2, -0.15) is 0 Å². The third-order valence-corrected chi connectivity index (χ3v) is 4.76. The molecule has 0 aliphatic heterocycles. The number of nitro benzene ring substituents is 1. The number of benzene rings is 3. The van der Waals surface area contributed by atoms with E-state index in [0.717, 1.165) is 17.2 Å².